The van der Waals surface area contributed by atoms with Crippen LogP contribution in [0.3, 0.4) is 0 Å². The third kappa shape index (κ3) is 2.98. The summed E-state index contributed by atoms with van der Waals surface area (Å²) in [7, 11) is 0. The Morgan fingerprint density at radius 1 is 1.25 bits per heavy atom. The molecule has 1 aliphatic heterocycles. The average molecular weight is 279 g/mol. The zero-order valence-corrected chi connectivity index (χ0v) is 11.3. The van der Waals surface area contributed by atoms with Gasteiger partial charge in [0.05, 0.1) is 6.61 Å². The molecule has 2 amide bonds. The summed E-state index contributed by atoms with van der Waals surface area (Å²) in [4.78, 5) is 41.2. The maximum atomic E-state index is 12.2. The number of rotatable bonds is 2. The Morgan fingerprint density at radius 2 is 1.90 bits per heavy atom. The number of ether oxygens (including phenoxy) is 1. The van der Waals surface area contributed by atoms with E-state index < -0.39 is 0 Å². The molecular weight excluding hydrogens is 262 g/mol. The van der Waals surface area contributed by atoms with E-state index in [2.05, 4.69) is 4.98 Å². The van der Waals surface area contributed by atoms with Gasteiger partial charge in [0.15, 0.2) is 5.43 Å². The van der Waals surface area contributed by atoms with Gasteiger partial charge in [-0.3, -0.25) is 9.59 Å². The van der Waals surface area contributed by atoms with Gasteiger partial charge >= 0.3 is 6.09 Å². The van der Waals surface area contributed by atoms with Crippen molar-refractivity contribution in [1.82, 2.24) is 14.8 Å². The van der Waals surface area contributed by atoms with Crippen molar-refractivity contribution in [1.29, 1.82) is 0 Å². The molecule has 0 aliphatic carbocycles. The molecule has 0 aromatic carbocycles. The van der Waals surface area contributed by atoms with Crippen LogP contribution in [0.25, 0.3) is 0 Å². The number of piperazine rings is 1. The molecule has 108 valence electrons. The van der Waals surface area contributed by atoms with E-state index in [1.807, 2.05) is 0 Å². The van der Waals surface area contributed by atoms with Gasteiger partial charge in [-0.2, -0.15) is 0 Å². The van der Waals surface area contributed by atoms with Crippen LogP contribution in [0.15, 0.2) is 23.3 Å². The minimum Gasteiger partial charge on any atom is -0.450 e. The topological polar surface area (TPSA) is 82.7 Å². The van der Waals surface area contributed by atoms with Crippen LogP contribution in [0.5, 0.6) is 0 Å². The second kappa shape index (κ2) is 6.23. The van der Waals surface area contributed by atoms with Crippen molar-refractivity contribution in [3.05, 3.63) is 34.2 Å². The Morgan fingerprint density at radius 3 is 2.50 bits per heavy atom. The summed E-state index contributed by atoms with van der Waals surface area (Å²) >= 11 is 0. The number of aromatic amines is 1. The molecule has 0 spiro atoms. The predicted molar refractivity (Wildman–Crippen MR) is 71.6 cm³/mol. The lowest BCUT2D eigenvalue weighted by atomic mass is 10.2. The lowest BCUT2D eigenvalue weighted by molar-refractivity contribution is 0.0569. The molecule has 1 saturated heterocycles. The SMILES string of the molecule is CCOC(=O)N1CCN(C(=O)c2c[nH]ccc2=O)CC1. The average Bonchev–Trinajstić information content (AvgIpc) is 2.47. The molecule has 1 aliphatic rings. The first-order chi connectivity index (χ1) is 9.63. The molecule has 0 saturated carbocycles. The van der Waals surface area contributed by atoms with Crippen LogP contribution >= 0.6 is 0 Å². The van der Waals surface area contributed by atoms with E-state index in [1.165, 1.54) is 18.5 Å². The first-order valence-electron chi connectivity index (χ1n) is 6.51. The van der Waals surface area contributed by atoms with Crippen LogP contribution < -0.4 is 5.43 Å². The van der Waals surface area contributed by atoms with Crippen molar-refractivity contribution < 1.29 is 14.3 Å². The van der Waals surface area contributed by atoms with E-state index in [9.17, 15) is 14.4 Å². The largest absolute Gasteiger partial charge is 0.450 e. The molecule has 2 heterocycles. The summed E-state index contributed by atoms with van der Waals surface area (Å²) in [6, 6.07) is 1.32. The third-order valence-electron chi connectivity index (χ3n) is 3.15. The van der Waals surface area contributed by atoms with E-state index in [0.29, 0.717) is 32.8 Å². The summed E-state index contributed by atoms with van der Waals surface area (Å²) < 4.78 is 4.91. The highest BCUT2D eigenvalue weighted by Gasteiger charge is 2.26. The highest BCUT2D eigenvalue weighted by Crippen LogP contribution is 2.07. The lowest BCUT2D eigenvalue weighted by Gasteiger charge is -2.33. The zero-order valence-electron chi connectivity index (χ0n) is 11.3. The molecule has 1 aromatic heterocycles. The molecule has 0 radical (unpaired) electrons. The molecule has 1 fully saturated rings. The Balaban J connectivity index is 1.97. The van der Waals surface area contributed by atoms with Gasteiger partial charge in [-0.05, 0) is 6.92 Å². The van der Waals surface area contributed by atoms with Crippen molar-refractivity contribution in [2.75, 3.05) is 32.8 Å². The molecule has 0 bridgehead atoms. The van der Waals surface area contributed by atoms with E-state index in [4.69, 9.17) is 4.74 Å². The van der Waals surface area contributed by atoms with Crippen molar-refractivity contribution in [2.45, 2.75) is 6.92 Å². The number of carbonyl (C=O) groups is 2. The van der Waals surface area contributed by atoms with E-state index >= 15 is 0 Å². The number of aromatic nitrogens is 1. The first kappa shape index (κ1) is 14.1. The van der Waals surface area contributed by atoms with Crippen LogP contribution in [0.2, 0.25) is 0 Å². The standard InChI is InChI=1S/C13H17N3O4/c1-2-20-13(19)16-7-5-15(6-8-16)12(18)10-9-14-4-3-11(10)17/h3-4,9H,2,5-8H2,1H3,(H,14,17). The van der Waals surface area contributed by atoms with Gasteiger partial charge in [0, 0.05) is 44.6 Å². The van der Waals surface area contributed by atoms with Crippen molar-refractivity contribution in [3.63, 3.8) is 0 Å². The molecule has 7 heteroatoms. The molecule has 1 aromatic rings. The summed E-state index contributed by atoms with van der Waals surface area (Å²) in [5, 5.41) is 0. The summed E-state index contributed by atoms with van der Waals surface area (Å²) in [5.41, 5.74) is -0.182. The monoisotopic (exact) mass is 279 g/mol. The quantitative estimate of drug-likeness (QED) is 0.843. The molecule has 20 heavy (non-hydrogen) atoms. The highest BCUT2D eigenvalue weighted by atomic mass is 16.6. The van der Waals surface area contributed by atoms with Crippen LogP contribution in [0.1, 0.15) is 17.3 Å². The van der Waals surface area contributed by atoms with Gasteiger partial charge < -0.3 is 19.5 Å². The van der Waals surface area contributed by atoms with Crippen molar-refractivity contribution in [2.24, 2.45) is 0 Å². The minimum atomic E-state index is -0.364. The normalized spacial score (nSPS) is 15.1. The van der Waals surface area contributed by atoms with E-state index in [0.717, 1.165) is 0 Å². The van der Waals surface area contributed by atoms with Crippen LogP contribution in [0, 0.1) is 0 Å². The molecule has 0 unspecified atom stereocenters. The van der Waals surface area contributed by atoms with Gasteiger partial charge in [0.1, 0.15) is 5.56 Å². The molecule has 2 rings (SSSR count). The second-order valence-corrected chi connectivity index (χ2v) is 4.40. The highest BCUT2D eigenvalue weighted by molar-refractivity contribution is 5.93. The van der Waals surface area contributed by atoms with Gasteiger partial charge in [-0.1, -0.05) is 0 Å². The molecular formula is C13H17N3O4. The number of amides is 2. The fourth-order valence-electron chi connectivity index (χ4n) is 2.06. The Hall–Kier alpha value is -2.31. The van der Waals surface area contributed by atoms with Gasteiger partial charge in [0.2, 0.25) is 0 Å². The van der Waals surface area contributed by atoms with E-state index in [-0.39, 0.29) is 23.0 Å². The Kier molecular flexibility index (Phi) is 4.39. The number of hydrogen-bond donors (Lipinski definition) is 1. The maximum Gasteiger partial charge on any atom is 0.409 e. The molecule has 1 N–H and O–H groups in total. The van der Waals surface area contributed by atoms with Gasteiger partial charge in [0.25, 0.3) is 5.91 Å². The van der Waals surface area contributed by atoms with Crippen LogP contribution in [-0.2, 0) is 4.74 Å². The Bertz CT molecular complexity index is 547. The number of H-pyrrole nitrogens is 1. The van der Waals surface area contributed by atoms with E-state index in [1.54, 1.807) is 16.7 Å². The summed E-state index contributed by atoms with van der Waals surface area (Å²) in [6.07, 6.45) is 2.53. The molecule has 7 nitrogen and oxygen atoms in total. The predicted octanol–water partition coefficient (Wildman–Crippen LogP) is 0.289. The second-order valence-electron chi connectivity index (χ2n) is 4.40. The number of carbonyl (C=O) groups excluding carboxylic acids is 2. The van der Waals surface area contributed by atoms with Crippen LogP contribution in [-0.4, -0.2) is 59.6 Å². The number of hydrogen-bond acceptors (Lipinski definition) is 4. The van der Waals surface area contributed by atoms with Crippen LogP contribution in [0.4, 0.5) is 4.79 Å². The minimum absolute atomic E-state index is 0.122. The third-order valence-corrected chi connectivity index (χ3v) is 3.15. The van der Waals surface area contributed by atoms with Gasteiger partial charge in [-0.25, -0.2) is 4.79 Å². The summed E-state index contributed by atoms with van der Waals surface area (Å²) in [6.45, 7) is 3.69. The zero-order chi connectivity index (χ0) is 14.5. The first-order valence-corrected chi connectivity index (χ1v) is 6.51. The Labute approximate surface area is 116 Å². The summed E-state index contributed by atoms with van der Waals surface area (Å²) in [5.74, 6) is -0.310. The lowest BCUT2D eigenvalue weighted by Crippen LogP contribution is -2.51. The van der Waals surface area contributed by atoms with Gasteiger partial charge in [-0.15, -0.1) is 0 Å². The maximum absolute atomic E-state index is 12.2. The van der Waals surface area contributed by atoms with Crippen molar-refractivity contribution in [3.8, 4) is 0 Å². The fourth-order valence-corrected chi connectivity index (χ4v) is 2.06. The number of nitrogens with one attached hydrogen (secondary N) is 1. The number of nitrogens with zero attached hydrogens (tertiary/aromatic N) is 2. The smallest absolute Gasteiger partial charge is 0.409 e. The molecule has 0 atom stereocenters. The van der Waals surface area contributed by atoms with Crippen molar-refractivity contribution >= 4 is 12.0 Å². The fraction of sp³-hybridized carbons (Fsp3) is 0.462. The number of pyridine rings is 1.